The zero-order chi connectivity index (χ0) is 11.3. The van der Waals surface area contributed by atoms with Crippen molar-refractivity contribution in [3.05, 3.63) is 35.5 Å². The smallest absolute Gasteiger partial charge is 0.0639 e. The Kier molecular flexibility index (Phi) is 4.34. The molecule has 0 bridgehead atoms. The van der Waals surface area contributed by atoms with Crippen LogP contribution in [0.1, 0.15) is 40.0 Å². The van der Waals surface area contributed by atoms with Crippen molar-refractivity contribution in [3.63, 3.8) is 0 Å². The van der Waals surface area contributed by atoms with Gasteiger partial charge >= 0.3 is 0 Å². The minimum Gasteiger partial charge on any atom is -0.392 e. The fourth-order valence-corrected chi connectivity index (χ4v) is 1.82. The Morgan fingerprint density at radius 1 is 1.53 bits per heavy atom. The molecule has 0 aromatic carbocycles. The third kappa shape index (κ3) is 4.48. The first kappa shape index (κ1) is 12.3. The summed E-state index contributed by atoms with van der Waals surface area (Å²) in [5.74, 6) is 0. The van der Waals surface area contributed by atoms with E-state index in [9.17, 15) is 0 Å². The molecule has 0 spiro atoms. The second-order valence-corrected chi connectivity index (χ2v) is 5.21. The van der Waals surface area contributed by atoms with Crippen molar-refractivity contribution in [1.82, 2.24) is 0 Å². The molecule has 0 amide bonds. The largest absolute Gasteiger partial charge is 0.392 e. The fourth-order valence-electron chi connectivity index (χ4n) is 1.82. The number of hydrogen-bond acceptors (Lipinski definition) is 1. The molecule has 84 valence electrons. The van der Waals surface area contributed by atoms with Gasteiger partial charge in [0.05, 0.1) is 6.61 Å². The molecule has 0 atom stereocenters. The molecule has 15 heavy (non-hydrogen) atoms. The van der Waals surface area contributed by atoms with Gasteiger partial charge in [-0.15, -0.1) is 0 Å². The lowest BCUT2D eigenvalue weighted by Crippen LogP contribution is -2.11. The monoisotopic (exact) mass is 206 g/mol. The van der Waals surface area contributed by atoms with Crippen molar-refractivity contribution in [2.45, 2.75) is 40.0 Å². The van der Waals surface area contributed by atoms with E-state index in [-0.39, 0.29) is 6.61 Å². The summed E-state index contributed by atoms with van der Waals surface area (Å²) in [6, 6.07) is 0. The van der Waals surface area contributed by atoms with E-state index in [1.165, 1.54) is 5.57 Å². The van der Waals surface area contributed by atoms with E-state index in [1.807, 2.05) is 6.92 Å². The summed E-state index contributed by atoms with van der Waals surface area (Å²) in [5, 5.41) is 8.93. The van der Waals surface area contributed by atoms with Crippen LogP contribution in [0.2, 0.25) is 0 Å². The average Bonchev–Trinajstić information content (AvgIpc) is 2.66. The first-order valence-corrected chi connectivity index (χ1v) is 5.64. The summed E-state index contributed by atoms with van der Waals surface area (Å²) in [7, 11) is 0. The van der Waals surface area contributed by atoms with Crippen LogP contribution >= 0.6 is 0 Å². The number of allylic oxidation sites excluding steroid dienone is 5. The van der Waals surface area contributed by atoms with Gasteiger partial charge in [0.25, 0.3) is 0 Å². The third-order valence-corrected chi connectivity index (χ3v) is 2.81. The number of aliphatic hydroxyl groups excluding tert-OH is 1. The molecular weight excluding hydrogens is 184 g/mol. The van der Waals surface area contributed by atoms with E-state index in [0.29, 0.717) is 5.41 Å². The Labute approximate surface area is 93.2 Å². The molecule has 0 radical (unpaired) electrons. The molecule has 1 heteroatoms. The molecule has 0 aliphatic heterocycles. The third-order valence-electron chi connectivity index (χ3n) is 2.81. The van der Waals surface area contributed by atoms with Crippen LogP contribution < -0.4 is 0 Å². The molecular formula is C14H22O. The van der Waals surface area contributed by atoms with Crippen LogP contribution in [0.15, 0.2) is 35.5 Å². The summed E-state index contributed by atoms with van der Waals surface area (Å²) in [5.41, 5.74) is 2.89. The zero-order valence-corrected chi connectivity index (χ0v) is 10.1. The van der Waals surface area contributed by atoms with Gasteiger partial charge in [0.1, 0.15) is 0 Å². The van der Waals surface area contributed by atoms with Gasteiger partial charge in [-0.05, 0) is 31.6 Å². The first-order chi connectivity index (χ1) is 7.03. The lowest BCUT2D eigenvalue weighted by atomic mass is 9.81. The maximum absolute atomic E-state index is 8.93. The summed E-state index contributed by atoms with van der Waals surface area (Å²) in [4.78, 5) is 0. The van der Waals surface area contributed by atoms with Gasteiger partial charge in [-0.3, -0.25) is 0 Å². The van der Waals surface area contributed by atoms with Gasteiger partial charge in [0, 0.05) is 0 Å². The van der Waals surface area contributed by atoms with Crippen molar-refractivity contribution in [2.24, 2.45) is 5.41 Å². The summed E-state index contributed by atoms with van der Waals surface area (Å²) >= 11 is 0. The number of rotatable bonds is 5. The second kappa shape index (κ2) is 5.32. The Hall–Kier alpha value is -0.820. The fraction of sp³-hybridized carbons (Fsp3) is 0.571. The van der Waals surface area contributed by atoms with E-state index in [4.69, 9.17) is 5.11 Å². The molecule has 1 nitrogen and oxygen atoms in total. The molecule has 1 N–H and O–H groups in total. The Bertz CT molecular complexity index is 292. The second-order valence-electron chi connectivity index (χ2n) is 5.21. The Morgan fingerprint density at radius 2 is 2.27 bits per heavy atom. The van der Waals surface area contributed by atoms with Gasteiger partial charge in [0.2, 0.25) is 0 Å². The molecule has 0 saturated carbocycles. The molecule has 0 fully saturated rings. The van der Waals surface area contributed by atoms with Crippen LogP contribution in [0.25, 0.3) is 0 Å². The number of aliphatic hydroxyl groups is 1. The van der Waals surface area contributed by atoms with E-state index in [1.54, 1.807) is 0 Å². The molecule has 0 heterocycles. The average molecular weight is 206 g/mol. The van der Waals surface area contributed by atoms with Crippen LogP contribution in [0.4, 0.5) is 0 Å². The van der Waals surface area contributed by atoms with Gasteiger partial charge < -0.3 is 5.11 Å². The molecule has 0 aromatic rings. The van der Waals surface area contributed by atoms with E-state index >= 15 is 0 Å². The summed E-state index contributed by atoms with van der Waals surface area (Å²) < 4.78 is 0. The van der Waals surface area contributed by atoms with Crippen molar-refractivity contribution in [2.75, 3.05) is 6.61 Å². The maximum atomic E-state index is 8.93. The first-order valence-electron chi connectivity index (χ1n) is 5.64. The molecule has 0 aromatic heterocycles. The lowest BCUT2D eigenvalue weighted by Gasteiger charge is -2.24. The Morgan fingerprint density at radius 3 is 2.80 bits per heavy atom. The quantitative estimate of drug-likeness (QED) is 0.681. The van der Waals surface area contributed by atoms with Gasteiger partial charge in [-0.1, -0.05) is 49.3 Å². The number of hydrogen-bond donors (Lipinski definition) is 1. The molecule has 1 aliphatic rings. The molecule has 0 unspecified atom stereocenters. The van der Waals surface area contributed by atoms with E-state index < -0.39 is 0 Å². The Balaban J connectivity index is 2.44. The SMILES string of the molecule is C/C(=C\CC(C)(C)CC1=CC=CC1)CO. The summed E-state index contributed by atoms with van der Waals surface area (Å²) in [6.07, 6.45) is 12.0. The maximum Gasteiger partial charge on any atom is 0.0639 e. The standard InChI is InChI=1S/C14H22O/c1-12(11-15)8-9-14(2,3)10-13-6-4-5-7-13/h4-6,8,15H,7,9-11H2,1-3H3/b12-8+. The van der Waals surface area contributed by atoms with Crippen LogP contribution in [0.5, 0.6) is 0 Å². The molecule has 1 rings (SSSR count). The minimum absolute atomic E-state index is 0.181. The molecule has 0 saturated heterocycles. The summed E-state index contributed by atoms with van der Waals surface area (Å²) in [6.45, 7) is 6.73. The lowest BCUT2D eigenvalue weighted by molar-refractivity contribution is 0.326. The highest BCUT2D eigenvalue weighted by Crippen LogP contribution is 2.32. The van der Waals surface area contributed by atoms with Crippen LogP contribution in [0.3, 0.4) is 0 Å². The van der Waals surface area contributed by atoms with Crippen LogP contribution in [0, 0.1) is 5.41 Å². The van der Waals surface area contributed by atoms with E-state index in [2.05, 4.69) is 38.2 Å². The van der Waals surface area contributed by atoms with E-state index in [0.717, 1.165) is 24.8 Å². The highest BCUT2D eigenvalue weighted by atomic mass is 16.3. The van der Waals surface area contributed by atoms with Crippen LogP contribution in [-0.4, -0.2) is 11.7 Å². The normalized spacial score (nSPS) is 17.1. The predicted molar refractivity (Wildman–Crippen MR) is 65.7 cm³/mol. The van der Waals surface area contributed by atoms with Crippen molar-refractivity contribution in [1.29, 1.82) is 0 Å². The topological polar surface area (TPSA) is 20.2 Å². The highest BCUT2D eigenvalue weighted by Gasteiger charge is 2.18. The van der Waals surface area contributed by atoms with Crippen molar-refractivity contribution < 1.29 is 5.11 Å². The van der Waals surface area contributed by atoms with Crippen molar-refractivity contribution in [3.8, 4) is 0 Å². The van der Waals surface area contributed by atoms with Gasteiger partial charge in [0.15, 0.2) is 0 Å². The molecule has 1 aliphatic carbocycles. The van der Waals surface area contributed by atoms with Crippen LogP contribution in [-0.2, 0) is 0 Å². The zero-order valence-electron chi connectivity index (χ0n) is 10.1. The van der Waals surface area contributed by atoms with Gasteiger partial charge in [-0.2, -0.15) is 0 Å². The minimum atomic E-state index is 0.181. The van der Waals surface area contributed by atoms with Crippen molar-refractivity contribution >= 4 is 0 Å². The highest BCUT2D eigenvalue weighted by molar-refractivity contribution is 5.24. The van der Waals surface area contributed by atoms with Gasteiger partial charge in [-0.25, -0.2) is 0 Å². The predicted octanol–water partition coefficient (Wildman–Crippen LogP) is 3.62.